The van der Waals surface area contributed by atoms with Crippen LogP contribution < -0.4 is 9.47 Å². The maximum atomic E-state index is 5.95. The van der Waals surface area contributed by atoms with Gasteiger partial charge in [0.2, 0.25) is 18.6 Å². The Kier molecular flexibility index (Phi) is 4.26. The predicted octanol–water partition coefficient (Wildman–Crippen LogP) is 3.38. The molecule has 3 aromatic rings. The van der Waals surface area contributed by atoms with Gasteiger partial charge in [-0.1, -0.05) is 36.4 Å². The van der Waals surface area contributed by atoms with Crippen molar-refractivity contribution in [1.82, 2.24) is 15.1 Å². The van der Waals surface area contributed by atoms with Crippen LogP contribution in [0.25, 0.3) is 0 Å². The molecule has 6 nitrogen and oxygen atoms in total. The van der Waals surface area contributed by atoms with Crippen LogP contribution in [-0.2, 0) is 13.0 Å². The molecule has 0 saturated carbocycles. The lowest BCUT2D eigenvalue weighted by atomic mass is 10.1. The zero-order valence-corrected chi connectivity index (χ0v) is 15.0. The third-order valence-corrected chi connectivity index (χ3v) is 5.15. The lowest BCUT2D eigenvalue weighted by molar-refractivity contribution is 0.174. The third kappa shape index (κ3) is 3.53. The van der Waals surface area contributed by atoms with Gasteiger partial charge in [0.05, 0.1) is 12.3 Å². The van der Waals surface area contributed by atoms with Crippen LogP contribution in [0.5, 0.6) is 11.5 Å². The smallest absolute Gasteiger partial charge is 0.231 e. The van der Waals surface area contributed by atoms with Gasteiger partial charge in [0, 0.05) is 13.1 Å². The number of ether oxygens (including phenoxy) is 2. The first-order valence-corrected chi connectivity index (χ1v) is 9.30. The fourth-order valence-electron chi connectivity index (χ4n) is 3.75. The molecule has 3 heterocycles. The number of rotatable bonds is 5. The van der Waals surface area contributed by atoms with Gasteiger partial charge in [0.25, 0.3) is 0 Å². The van der Waals surface area contributed by atoms with Gasteiger partial charge < -0.3 is 13.9 Å². The minimum Gasteiger partial charge on any atom is -0.454 e. The molecule has 138 valence electrons. The summed E-state index contributed by atoms with van der Waals surface area (Å²) in [5.74, 6) is 3.41. The maximum absolute atomic E-state index is 5.95. The van der Waals surface area contributed by atoms with E-state index in [1.807, 2.05) is 24.3 Å². The van der Waals surface area contributed by atoms with Crippen molar-refractivity contribution in [3.05, 3.63) is 71.4 Å². The molecule has 1 aromatic heterocycles. The number of likely N-dealkylation sites (tertiary alicyclic amines) is 1. The second-order valence-electron chi connectivity index (χ2n) is 7.10. The number of hydrogen-bond donors (Lipinski definition) is 0. The fourth-order valence-corrected chi connectivity index (χ4v) is 3.75. The Hall–Kier alpha value is -2.86. The molecule has 27 heavy (non-hydrogen) atoms. The van der Waals surface area contributed by atoms with Crippen molar-refractivity contribution in [2.75, 3.05) is 19.9 Å². The molecular weight excluding hydrogens is 342 g/mol. The minimum absolute atomic E-state index is 0.302. The van der Waals surface area contributed by atoms with E-state index in [-0.39, 0.29) is 0 Å². The molecule has 1 atom stereocenters. The summed E-state index contributed by atoms with van der Waals surface area (Å²) in [7, 11) is 0. The molecule has 2 aromatic carbocycles. The van der Waals surface area contributed by atoms with Gasteiger partial charge in [-0.05, 0) is 36.2 Å². The molecule has 1 saturated heterocycles. The Morgan fingerprint density at radius 3 is 2.78 bits per heavy atom. The lowest BCUT2D eigenvalue weighted by Gasteiger charge is -2.15. The highest BCUT2D eigenvalue weighted by Gasteiger charge is 2.28. The molecule has 1 fully saturated rings. The molecule has 0 spiro atoms. The van der Waals surface area contributed by atoms with Gasteiger partial charge >= 0.3 is 0 Å². The average Bonchev–Trinajstić information content (AvgIpc) is 3.43. The van der Waals surface area contributed by atoms with Gasteiger partial charge in [-0.25, -0.2) is 0 Å². The SMILES string of the molecule is c1ccc(Cc2nnc([C@H]3CCN(Cc4ccc5c(c4)OCO5)C3)o2)cc1. The van der Waals surface area contributed by atoms with E-state index in [0.717, 1.165) is 43.4 Å². The Morgan fingerprint density at radius 1 is 0.963 bits per heavy atom. The zero-order chi connectivity index (χ0) is 18.1. The first-order chi connectivity index (χ1) is 13.3. The van der Waals surface area contributed by atoms with E-state index in [1.165, 1.54) is 11.1 Å². The summed E-state index contributed by atoms with van der Waals surface area (Å²) in [6, 6.07) is 16.4. The Bertz CT molecular complexity index is 925. The molecule has 2 aliphatic heterocycles. The normalized spacial score (nSPS) is 18.9. The summed E-state index contributed by atoms with van der Waals surface area (Å²) < 4.78 is 16.8. The topological polar surface area (TPSA) is 60.6 Å². The number of benzene rings is 2. The minimum atomic E-state index is 0.302. The average molecular weight is 363 g/mol. The van der Waals surface area contributed by atoms with Crippen molar-refractivity contribution in [2.24, 2.45) is 0 Å². The molecule has 0 radical (unpaired) electrons. The first kappa shape index (κ1) is 16.3. The van der Waals surface area contributed by atoms with Crippen LogP contribution in [-0.4, -0.2) is 35.0 Å². The molecular formula is C21H21N3O3. The van der Waals surface area contributed by atoms with E-state index < -0.39 is 0 Å². The fraction of sp³-hybridized carbons (Fsp3) is 0.333. The maximum Gasteiger partial charge on any atom is 0.231 e. The molecule has 0 bridgehead atoms. The van der Waals surface area contributed by atoms with Crippen molar-refractivity contribution in [1.29, 1.82) is 0 Å². The lowest BCUT2D eigenvalue weighted by Crippen LogP contribution is -2.19. The monoisotopic (exact) mass is 363 g/mol. The van der Waals surface area contributed by atoms with Crippen LogP contribution in [0.4, 0.5) is 0 Å². The van der Waals surface area contributed by atoms with Gasteiger partial charge in [-0.15, -0.1) is 10.2 Å². The van der Waals surface area contributed by atoms with Crippen LogP contribution >= 0.6 is 0 Å². The van der Waals surface area contributed by atoms with Crippen molar-refractivity contribution < 1.29 is 13.9 Å². The Labute approximate surface area is 157 Å². The Balaban J connectivity index is 1.21. The van der Waals surface area contributed by atoms with Crippen LogP contribution in [0.1, 0.15) is 35.2 Å². The number of aromatic nitrogens is 2. The molecule has 0 amide bonds. The Morgan fingerprint density at radius 2 is 1.85 bits per heavy atom. The third-order valence-electron chi connectivity index (χ3n) is 5.15. The molecule has 2 aliphatic rings. The van der Waals surface area contributed by atoms with Gasteiger partial charge in [0.1, 0.15) is 0 Å². The summed E-state index contributed by atoms with van der Waals surface area (Å²) in [5.41, 5.74) is 2.42. The highest BCUT2D eigenvalue weighted by Crippen LogP contribution is 2.34. The summed E-state index contributed by atoms with van der Waals surface area (Å²) in [5, 5.41) is 8.54. The van der Waals surface area contributed by atoms with E-state index in [4.69, 9.17) is 13.9 Å². The second kappa shape index (κ2) is 7.04. The highest BCUT2D eigenvalue weighted by atomic mass is 16.7. The van der Waals surface area contributed by atoms with E-state index in [0.29, 0.717) is 25.0 Å². The molecule has 0 N–H and O–H groups in total. The standard InChI is InChI=1S/C21H21N3O3/c1-2-4-15(5-3-1)11-20-22-23-21(27-20)17-8-9-24(13-17)12-16-6-7-18-19(10-16)26-14-25-18/h1-7,10,17H,8-9,11-14H2/t17-/m0/s1. The van der Waals surface area contributed by atoms with Crippen molar-refractivity contribution in [3.63, 3.8) is 0 Å². The van der Waals surface area contributed by atoms with E-state index in [9.17, 15) is 0 Å². The van der Waals surface area contributed by atoms with Gasteiger partial charge in [-0.2, -0.15) is 0 Å². The van der Waals surface area contributed by atoms with Gasteiger partial charge in [-0.3, -0.25) is 4.90 Å². The van der Waals surface area contributed by atoms with Crippen LogP contribution in [0.3, 0.4) is 0 Å². The van der Waals surface area contributed by atoms with E-state index >= 15 is 0 Å². The van der Waals surface area contributed by atoms with Crippen molar-refractivity contribution >= 4 is 0 Å². The second-order valence-corrected chi connectivity index (χ2v) is 7.10. The first-order valence-electron chi connectivity index (χ1n) is 9.30. The number of fused-ring (bicyclic) bond motifs is 1. The molecule has 6 heteroatoms. The summed E-state index contributed by atoms with van der Waals surface area (Å²) in [4.78, 5) is 2.42. The zero-order valence-electron chi connectivity index (χ0n) is 15.0. The van der Waals surface area contributed by atoms with Crippen LogP contribution in [0, 0.1) is 0 Å². The summed E-state index contributed by atoms with van der Waals surface area (Å²) in [6.07, 6.45) is 1.72. The molecule has 5 rings (SSSR count). The van der Waals surface area contributed by atoms with Crippen molar-refractivity contribution in [2.45, 2.75) is 25.3 Å². The summed E-state index contributed by atoms with van der Waals surface area (Å²) in [6.45, 7) is 3.15. The number of nitrogens with zero attached hydrogens (tertiary/aromatic N) is 3. The quantitative estimate of drug-likeness (QED) is 0.693. The molecule has 0 aliphatic carbocycles. The van der Waals surface area contributed by atoms with E-state index in [2.05, 4.69) is 39.4 Å². The summed E-state index contributed by atoms with van der Waals surface area (Å²) >= 11 is 0. The van der Waals surface area contributed by atoms with Crippen LogP contribution in [0.15, 0.2) is 52.9 Å². The van der Waals surface area contributed by atoms with Crippen molar-refractivity contribution in [3.8, 4) is 11.5 Å². The van der Waals surface area contributed by atoms with E-state index in [1.54, 1.807) is 0 Å². The number of hydrogen-bond acceptors (Lipinski definition) is 6. The largest absolute Gasteiger partial charge is 0.454 e. The van der Waals surface area contributed by atoms with Gasteiger partial charge in [0.15, 0.2) is 11.5 Å². The van der Waals surface area contributed by atoms with Crippen LogP contribution in [0.2, 0.25) is 0 Å². The predicted molar refractivity (Wildman–Crippen MR) is 98.7 cm³/mol. The molecule has 0 unspecified atom stereocenters. The highest BCUT2D eigenvalue weighted by molar-refractivity contribution is 5.44.